The van der Waals surface area contributed by atoms with E-state index in [9.17, 15) is 0 Å². The molecule has 0 aromatic heterocycles. The minimum Gasteiger partial charge on any atom is -0.328 e. The van der Waals surface area contributed by atoms with E-state index < -0.39 is 0 Å². The molecular weight excluding hydrogens is 178 g/mol. The van der Waals surface area contributed by atoms with Gasteiger partial charge in [0.25, 0.3) is 0 Å². The molecule has 0 bridgehead atoms. The summed E-state index contributed by atoms with van der Waals surface area (Å²) in [6, 6.07) is 10.8. The Labute approximate surface area is 84.7 Å². The summed E-state index contributed by atoms with van der Waals surface area (Å²) in [6.07, 6.45) is 1.07. The van der Waals surface area contributed by atoms with Gasteiger partial charge < -0.3 is 5.73 Å². The lowest BCUT2D eigenvalue weighted by Gasteiger charge is -2.13. The van der Waals surface area contributed by atoms with E-state index in [0.717, 1.165) is 6.42 Å². The highest BCUT2D eigenvalue weighted by molar-refractivity contribution is 7.99. The maximum atomic E-state index is 5.73. The van der Waals surface area contributed by atoms with E-state index >= 15 is 0 Å². The largest absolute Gasteiger partial charge is 0.328 e. The predicted octanol–water partition coefficient (Wildman–Crippen LogP) is 2.90. The standard InChI is InChI=1S/C11H17NS/c1-9(12)8-10(2)13-11-6-4-3-5-7-11/h3-7,9-10H,8,12H2,1-2H3. The van der Waals surface area contributed by atoms with Crippen LogP contribution in [0.5, 0.6) is 0 Å². The van der Waals surface area contributed by atoms with Crippen LogP contribution in [0, 0.1) is 0 Å². The monoisotopic (exact) mass is 195 g/mol. The first-order valence-electron chi connectivity index (χ1n) is 4.66. The van der Waals surface area contributed by atoms with Crippen LogP contribution >= 0.6 is 11.8 Å². The van der Waals surface area contributed by atoms with Gasteiger partial charge in [0, 0.05) is 16.2 Å². The van der Waals surface area contributed by atoms with Crippen molar-refractivity contribution in [3.05, 3.63) is 30.3 Å². The van der Waals surface area contributed by atoms with E-state index in [4.69, 9.17) is 5.73 Å². The molecule has 0 aliphatic carbocycles. The van der Waals surface area contributed by atoms with Crippen LogP contribution < -0.4 is 5.73 Å². The number of thioether (sulfide) groups is 1. The number of rotatable bonds is 4. The molecule has 2 unspecified atom stereocenters. The molecule has 2 N–H and O–H groups in total. The smallest absolute Gasteiger partial charge is 0.00806 e. The summed E-state index contributed by atoms with van der Waals surface area (Å²) in [7, 11) is 0. The minimum absolute atomic E-state index is 0.297. The summed E-state index contributed by atoms with van der Waals surface area (Å²) in [5.41, 5.74) is 5.73. The van der Waals surface area contributed by atoms with Crippen molar-refractivity contribution in [1.29, 1.82) is 0 Å². The fourth-order valence-corrected chi connectivity index (χ4v) is 2.48. The first kappa shape index (κ1) is 10.6. The number of benzene rings is 1. The molecule has 2 heteroatoms. The Bertz CT molecular complexity index is 233. The average Bonchev–Trinajstić information content (AvgIpc) is 2.04. The molecule has 72 valence electrons. The molecule has 13 heavy (non-hydrogen) atoms. The van der Waals surface area contributed by atoms with Crippen LogP contribution in [0.1, 0.15) is 20.3 Å². The highest BCUT2D eigenvalue weighted by Gasteiger charge is 2.06. The van der Waals surface area contributed by atoms with Gasteiger partial charge in [-0.15, -0.1) is 11.8 Å². The van der Waals surface area contributed by atoms with Gasteiger partial charge in [-0.25, -0.2) is 0 Å². The molecule has 0 amide bonds. The van der Waals surface area contributed by atoms with Crippen molar-refractivity contribution in [2.24, 2.45) is 5.73 Å². The molecule has 1 aromatic rings. The zero-order valence-corrected chi connectivity index (χ0v) is 9.05. The normalized spacial score (nSPS) is 15.3. The second-order valence-corrected chi connectivity index (χ2v) is 4.97. The first-order valence-corrected chi connectivity index (χ1v) is 5.53. The fourth-order valence-electron chi connectivity index (χ4n) is 1.30. The van der Waals surface area contributed by atoms with E-state index in [1.165, 1.54) is 4.90 Å². The molecule has 0 spiro atoms. The number of hydrogen-bond donors (Lipinski definition) is 1. The minimum atomic E-state index is 0.297. The third kappa shape index (κ3) is 4.34. The lowest BCUT2D eigenvalue weighted by molar-refractivity contribution is 0.663. The summed E-state index contributed by atoms with van der Waals surface area (Å²) in [6.45, 7) is 4.28. The van der Waals surface area contributed by atoms with Crippen molar-refractivity contribution in [2.45, 2.75) is 36.5 Å². The van der Waals surface area contributed by atoms with Gasteiger partial charge in [-0.3, -0.25) is 0 Å². The zero-order chi connectivity index (χ0) is 9.68. The van der Waals surface area contributed by atoms with Crippen LogP contribution in [0.2, 0.25) is 0 Å². The van der Waals surface area contributed by atoms with Gasteiger partial charge in [0.1, 0.15) is 0 Å². The molecular formula is C11H17NS. The Kier molecular flexibility index (Phi) is 4.33. The maximum absolute atomic E-state index is 5.73. The third-order valence-electron chi connectivity index (χ3n) is 1.78. The lowest BCUT2D eigenvalue weighted by atomic mass is 10.2. The molecule has 0 aliphatic heterocycles. The molecule has 0 fully saturated rings. The summed E-state index contributed by atoms with van der Waals surface area (Å²) in [4.78, 5) is 1.33. The van der Waals surface area contributed by atoms with Crippen LogP contribution in [-0.4, -0.2) is 11.3 Å². The Balaban J connectivity index is 2.41. The maximum Gasteiger partial charge on any atom is 0.00806 e. The molecule has 0 aliphatic rings. The van der Waals surface area contributed by atoms with Crippen LogP contribution in [0.25, 0.3) is 0 Å². The predicted molar refractivity (Wildman–Crippen MR) is 60.0 cm³/mol. The van der Waals surface area contributed by atoms with Crippen LogP contribution in [0.4, 0.5) is 0 Å². The van der Waals surface area contributed by atoms with Gasteiger partial charge in [-0.05, 0) is 25.5 Å². The van der Waals surface area contributed by atoms with Crippen LogP contribution in [0.3, 0.4) is 0 Å². The molecule has 0 saturated heterocycles. The van der Waals surface area contributed by atoms with Crippen molar-refractivity contribution in [3.8, 4) is 0 Å². The highest BCUT2D eigenvalue weighted by Crippen LogP contribution is 2.24. The van der Waals surface area contributed by atoms with Crippen LogP contribution in [-0.2, 0) is 0 Å². The quantitative estimate of drug-likeness (QED) is 0.748. The highest BCUT2D eigenvalue weighted by atomic mass is 32.2. The van der Waals surface area contributed by atoms with Gasteiger partial charge in [0.05, 0.1) is 0 Å². The topological polar surface area (TPSA) is 26.0 Å². The van der Waals surface area contributed by atoms with Gasteiger partial charge in [-0.1, -0.05) is 25.1 Å². The van der Waals surface area contributed by atoms with Gasteiger partial charge in [0.15, 0.2) is 0 Å². The molecule has 0 heterocycles. The molecule has 1 rings (SSSR count). The summed E-state index contributed by atoms with van der Waals surface area (Å²) in [5.74, 6) is 0. The van der Waals surface area contributed by atoms with Gasteiger partial charge in [-0.2, -0.15) is 0 Å². The van der Waals surface area contributed by atoms with E-state index in [-0.39, 0.29) is 0 Å². The first-order chi connectivity index (χ1) is 6.18. The summed E-state index contributed by atoms with van der Waals surface area (Å²) < 4.78 is 0. The Morgan fingerprint density at radius 1 is 1.23 bits per heavy atom. The van der Waals surface area contributed by atoms with Crippen molar-refractivity contribution < 1.29 is 0 Å². The van der Waals surface area contributed by atoms with E-state index in [1.54, 1.807) is 0 Å². The SMILES string of the molecule is CC(N)CC(C)Sc1ccccc1. The Hall–Kier alpha value is -0.470. The summed E-state index contributed by atoms with van der Waals surface area (Å²) in [5, 5.41) is 0.599. The fraction of sp³-hybridized carbons (Fsp3) is 0.455. The van der Waals surface area contributed by atoms with E-state index in [2.05, 4.69) is 38.1 Å². The van der Waals surface area contributed by atoms with Crippen molar-refractivity contribution in [3.63, 3.8) is 0 Å². The van der Waals surface area contributed by atoms with Crippen molar-refractivity contribution >= 4 is 11.8 Å². The van der Waals surface area contributed by atoms with Gasteiger partial charge in [0.2, 0.25) is 0 Å². The number of nitrogens with two attached hydrogens (primary N) is 1. The van der Waals surface area contributed by atoms with Crippen LogP contribution in [0.15, 0.2) is 35.2 Å². The molecule has 0 radical (unpaired) electrons. The summed E-state index contributed by atoms with van der Waals surface area (Å²) >= 11 is 1.89. The molecule has 1 aromatic carbocycles. The van der Waals surface area contributed by atoms with E-state index in [1.807, 2.05) is 17.8 Å². The molecule has 0 saturated carbocycles. The second kappa shape index (κ2) is 5.30. The zero-order valence-electron chi connectivity index (χ0n) is 8.23. The number of hydrogen-bond acceptors (Lipinski definition) is 2. The van der Waals surface area contributed by atoms with Crippen molar-refractivity contribution in [2.75, 3.05) is 0 Å². The Morgan fingerprint density at radius 3 is 2.38 bits per heavy atom. The van der Waals surface area contributed by atoms with Crippen molar-refractivity contribution in [1.82, 2.24) is 0 Å². The second-order valence-electron chi connectivity index (χ2n) is 3.45. The average molecular weight is 195 g/mol. The Morgan fingerprint density at radius 2 is 1.85 bits per heavy atom. The molecule has 2 atom stereocenters. The molecule has 1 nitrogen and oxygen atoms in total. The third-order valence-corrected chi connectivity index (χ3v) is 2.92. The van der Waals surface area contributed by atoms with Gasteiger partial charge >= 0.3 is 0 Å². The van der Waals surface area contributed by atoms with E-state index in [0.29, 0.717) is 11.3 Å². The lowest BCUT2D eigenvalue weighted by Crippen LogP contribution is -2.19.